The maximum Gasteiger partial charge on any atom is 0.352 e. The molecule has 4 heteroatoms. The van der Waals surface area contributed by atoms with Crippen molar-refractivity contribution in [3.05, 3.63) is 65.3 Å². The van der Waals surface area contributed by atoms with Gasteiger partial charge in [-0.1, -0.05) is 24.3 Å². The smallest absolute Gasteiger partial charge is 0.352 e. The van der Waals surface area contributed by atoms with E-state index >= 15 is 0 Å². The molecule has 1 N–H and O–H groups in total. The summed E-state index contributed by atoms with van der Waals surface area (Å²) in [5, 5.41) is 8.96. The monoisotopic (exact) mass is 226 g/mol. The van der Waals surface area contributed by atoms with Gasteiger partial charge in [-0.05, 0) is 17.7 Å². The number of benzene rings is 1. The second kappa shape index (κ2) is 4.54. The van der Waals surface area contributed by atoms with Gasteiger partial charge in [-0.25, -0.2) is 9.64 Å². The lowest BCUT2D eigenvalue weighted by atomic mass is 10.2. The first-order valence-electron chi connectivity index (χ1n) is 5.05. The highest BCUT2D eigenvalue weighted by Crippen LogP contribution is 2.15. The lowest BCUT2D eigenvalue weighted by Gasteiger charge is -2.06. The third-order valence-electron chi connectivity index (χ3n) is 2.44. The number of hydrogen-bond donors (Lipinski definition) is 1. The minimum atomic E-state index is -0.948. The summed E-state index contributed by atoms with van der Waals surface area (Å²) in [6.45, 7) is 7.38. The van der Waals surface area contributed by atoms with Crippen LogP contribution in [0.5, 0.6) is 0 Å². The Morgan fingerprint density at radius 3 is 2.88 bits per heavy atom. The van der Waals surface area contributed by atoms with Crippen LogP contribution in [0.15, 0.2) is 42.6 Å². The number of carboxylic acid groups (broad SMARTS) is 1. The Morgan fingerprint density at radius 2 is 2.18 bits per heavy atom. The Morgan fingerprint density at radius 1 is 1.35 bits per heavy atom. The molecule has 0 bridgehead atoms. The minimum absolute atomic E-state index is 0.248. The Kier molecular flexibility index (Phi) is 2.93. The molecule has 1 heterocycles. The van der Waals surface area contributed by atoms with E-state index in [0.717, 1.165) is 5.56 Å². The van der Waals surface area contributed by atoms with E-state index in [1.165, 1.54) is 0 Å². The fraction of sp³-hybridized carbons (Fsp3) is 0.0769. The number of carboxylic acids is 1. The lowest BCUT2D eigenvalue weighted by Crippen LogP contribution is -2.08. The van der Waals surface area contributed by atoms with Gasteiger partial charge in [0, 0.05) is 12.7 Å². The molecule has 0 aliphatic rings. The van der Waals surface area contributed by atoms with Gasteiger partial charge in [0.25, 0.3) is 0 Å². The Labute approximate surface area is 98.6 Å². The van der Waals surface area contributed by atoms with E-state index in [9.17, 15) is 4.79 Å². The molecule has 2 rings (SSSR count). The summed E-state index contributed by atoms with van der Waals surface area (Å²) < 4.78 is 1.64. The van der Waals surface area contributed by atoms with Gasteiger partial charge < -0.3 is 9.67 Å². The highest BCUT2D eigenvalue weighted by molar-refractivity contribution is 5.85. The number of carbonyl (C=O) groups is 1. The fourth-order valence-electron chi connectivity index (χ4n) is 1.67. The van der Waals surface area contributed by atoms with Crippen molar-refractivity contribution < 1.29 is 9.90 Å². The molecule has 0 amide bonds. The molecule has 1 aromatic heterocycles. The first-order chi connectivity index (χ1) is 8.20. The molecule has 1 aromatic carbocycles. The molecule has 17 heavy (non-hydrogen) atoms. The van der Waals surface area contributed by atoms with E-state index in [1.54, 1.807) is 41.1 Å². The molecule has 0 saturated carbocycles. The van der Waals surface area contributed by atoms with Crippen LogP contribution in [0.1, 0.15) is 16.1 Å². The summed E-state index contributed by atoms with van der Waals surface area (Å²) in [5.41, 5.74) is 1.72. The Bertz CT molecular complexity index is 593. The second-order valence-corrected chi connectivity index (χ2v) is 3.61. The number of nitrogens with zero attached hydrogens (tertiary/aromatic N) is 2. The SMILES string of the molecule is [C-]#[N+]c1cccc(Cn2cccc2C(=O)O)c1. The van der Waals surface area contributed by atoms with Gasteiger partial charge in [-0.2, -0.15) is 0 Å². The van der Waals surface area contributed by atoms with Crippen LogP contribution in [0.25, 0.3) is 4.85 Å². The van der Waals surface area contributed by atoms with Crippen molar-refractivity contribution in [2.24, 2.45) is 0 Å². The van der Waals surface area contributed by atoms with Gasteiger partial charge in [-0.3, -0.25) is 0 Å². The zero-order chi connectivity index (χ0) is 12.3. The molecule has 0 unspecified atom stereocenters. The third-order valence-corrected chi connectivity index (χ3v) is 2.44. The molecule has 0 fully saturated rings. The zero-order valence-electron chi connectivity index (χ0n) is 9.00. The molecular formula is C13H10N2O2. The maximum atomic E-state index is 10.9. The lowest BCUT2D eigenvalue weighted by molar-refractivity contribution is 0.0685. The summed E-state index contributed by atoms with van der Waals surface area (Å²) in [4.78, 5) is 14.3. The number of hydrogen-bond acceptors (Lipinski definition) is 1. The molecule has 0 atom stereocenters. The van der Waals surface area contributed by atoms with Crippen LogP contribution in [0.3, 0.4) is 0 Å². The van der Waals surface area contributed by atoms with E-state index in [2.05, 4.69) is 4.85 Å². The normalized spacial score (nSPS) is 9.82. The predicted octanol–water partition coefficient (Wildman–Crippen LogP) is 2.79. The summed E-state index contributed by atoms with van der Waals surface area (Å²) >= 11 is 0. The quantitative estimate of drug-likeness (QED) is 0.818. The van der Waals surface area contributed by atoms with Gasteiger partial charge in [0.2, 0.25) is 0 Å². The van der Waals surface area contributed by atoms with Gasteiger partial charge in [-0.15, -0.1) is 0 Å². The van der Waals surface area contributed by atoms with Crippen molar-refractivity contribution >= 4 is 11.7 Å². The van der Waals surface area contributed by atoms with Crippen molar-refractivity contribution in [2.75, 3.05) is 0 Å². The van der Waals surface area contributed by atoms with Crippen molar-refractivity contribution in [1.82, 2.24) is 4.57 Å². The van der Waals surface area contributed by atoms with Crippen LogP contribution >= 0.6 is 0 Å². The third kappa shape index (κ3) is 2.34. The maximum absolute atomic E-state index is 10.9. The summed E-state index contributed by atoms with van der Waals surface area (Å²) in [5.74, 6) is -0.948. The van der Waals surface area contributed by atoms with Crippen molar-refractivity contribution in [3.63, 3.8) is 0 Å². The van der Waals surface area contributed by atoms with Crippen LogP contribution in [-0.4, -0.2) is 15.6 Å². The van der Waals surface area contributed by atoms with Crippen LogP contribution in [0.4, 0.5) is 5.69 Å². The van der Waals surface area contributed by atoms with Crippen LogP contribution in [-0.2, 0) is 6.54 Å². The van der Waals surface area contributed by atoms with Gasteiger partial charge in [0.05, 0.1) is 6.57 Å². The second-order valence-electron chi connectivity index (χ2n) is 3.61. The van der Waals surface area contributed by atoms with E-state index in [0.29, 0.717) is 12.2 Å². The highest BCUT2D eigenvalue weighted by atomic mass is 16.4. The number of rotatable bonds is 3. The first kappa shape index (κ1) is 11.0. The fourth-order valence-corrected chi connectivity index (χ4v) is 1.67. The summed E-state index contributed by atoms with van der Waals surface area (Å²) in [7, 11) is 0. The molecule has 0 aliphatic heterocycles. The highest BCUT2D eigenvalue weighted by Gasteiger charge is 2.08. The van der Waals surface area contributed by atoms with E-state index in [4.69, 9.17) is 11.7 Å². The molecule has 0 saturated heterocycles. The Balaban J connectivity index is 2.29. The van der Waals surface area contributed by atoms with E-state index in [1.807, 2.05) is 6.07 Å². The summed E-state index contributed by atoms with van der Waals surface area (Å²) in [6.07, 6.45) is 1.72. The largest absolute Gasteiger partial charge is 0.477 e. The zero-order valence-corrected chi connectivity index (χ0v) is 9.00. The molecule has 84 valence electrons. The van der Waals surface area contributed by atoms with Crippen LogP contribution in [0.2, 0.25) is 0 Å². The number of aromatic nitrogens is 1. The molecule has 4 nitrogen and oxygen atoms in total. The molecular weight excluding hydrogens is 216 g/mol. The molecule has 0 aliphatic carbocycles. The van der Waals surface area contributed by atoms with E-state index in [-0.39, 0.29) is 5.69 Å². The average molecular weight is 226 g/mol. The number of aromatic carboxylic acids is 1. The first-order valence-corrected chi connectivity index (χ1v) is 5.05. The standard InChI is InChI=1S/C13H10N2O2/c1-14-11-5-2-4-10(8-11)9-15-7-3-6-12(15)13(16)17/h2-8H,9H2,(H,16,17). The van der Waals surface area contributed by atoms with Crippen molar-refractivity contribution in [2.45, 2.75) is 6.54 Å². The average Bonchev–Trinajstić information content (AvgIpc) is 2.77. The summed E-state index contributed by atoms with van der Waals surface area (Å²) in [6, 6.07) is 10.4. The molecule has 2 aromatic rings. The van der Waals surface area contributed by atoms with Gasteiger partial charge >= 0.3 is 5.97 Å². The minimum Gasteiger partial charge on any atom is -0.477 e. The van der Waals surface area contributed by atoms with Gasteiger partial charge in [0.15, 0.2) is 5.69 Å². The van der Waals surface area contributed by atoms with Crippen molar-refractivity contribution in [1.29, 1.82) is 0 Å². The van der Waals surface area contributed by atoms with Crippen LogP contribution < -0.4 is 0 Å². The molecule has 0 spiro atoms. The predicted molar refractivity (Wildman–Crippen MR) is 63.2 cm³/mol. The van der Waals surface area contributed by atoms with E-state index < -0.39 is 5.97 Å². The van der Waals surface area contributed by atoms with Gasteiger partial charge in [0.1, 0.15) is 5.69 Å². The topological polar surface area (TPSA) is 46.6 Å². The van der Waals surface area contributed by atoms with Crippen molar-refractivity contribution in [3.8, 4) is 0 Å². The Hall–Kier alpha value is -2.54. The van der Waals surface area contributed by atoms with Crippen LogP contribution in [0, 0.1) is 6.57 Å². The molecule has 0 radical (unpaired) electrons.